The summed E-state index contributed by atoms with van der Waals surface area (Å²) in [6, 6.07) is 17.5. The van der Waals surface area contributed by atoms with Gasteiger partial charge in [0.15, 0.2) is 0 Å². The van der Waals surface area contributed by atoms with Crippen molar-refractivity contribution in [2.45, 2.75) is 13.0 Å². The number of amides is 1. The van der Waals surface area contributed by atoms with Crippen molar-refractivity contribution in [3.05, 3.63) is 65.7 Å². The zero-order chi connectivity index (χ0) is 13.0. The van der Waals surface area contributed by atoms with Gasteiger partial charge in [-0.25, -0.2) is 0 Å². The molecule has 0 fully saturated rings. The smallest absolute Gasteiger partial charge is 0.253 e. The van der Waals surface area contributed by atoms with E-state index in [9.17, 15) is 4.79 Å². The SMILES string of the molecule is CC(NC(=O)c1c[c]ccc1N)c1ccccc1. The van der Waals surface area contributed by atoms with Crippen LogP contribution in [-0.2, 0) is 0 Å². The van der Waals surface area contributed by atoms with E-state index in [2.05, 4.69) is 11.4 Å². The number of anilines is 1. The van der Waals surface area contributed by atoms with Gasteiger partial charge in [0.05, 0.1) is 11.6 Å². The van der Waals surface area contributed by atoms with Gasteiger partial charge < -0.3 is 11.1 Å². The fourth-order valence-corrected chi connectivity index (χ4v) is 1.74. The Hall–Kier alpha value is -2.29. The normalized spacial score (nSPS) is 11.8. The van der Waals surface area contributed by atoms with E-state index >= 15 is 0 Å². The minimum atomic E-state index is -0.180. The maximum absolute atomic E-state index is 12.0. The number of hydrogen-bond acceptors (Lipinski definition) is 2. The third-order valence-electron chi connectivity index (χ3n) is 2.79. The lowest BCUT2D eigenvalue weighted by atomic mass is 10.1. The first-order valence-corrected chi connectivity index (χ1v) is 5.80. The molecule has 0 heterocycles. The number of carbonyl (C=O) groups is 1. The first kappa shape index (κ1) is 12.2. The van der Waals surface area contributed by atoms with E-state index in [0.29, 0.717) is 11.3 Å². The summed E-state index contributed by atoms with van der Waals surface area (Å²) in [6.45, 7) is 1.94. The second-order valence-electron chi connectivity index (χ2n) is 4.12. The summed E-state index contributed by atoms with van der Waals surface area (Å²) in [5.74, 6) is -0.180. The first-order chi connectivity index (χ1) is 8.68. The molecule has 0 aliphatic heterocycles. The third-order valence-corrected chi connectivity index (χ3v) is 2.79. The maximum atomic E-state index is 12.0. The molecule has 18 heavy (non-hydrogen) atoms. The average molecular weight is 239 g/mol. The molecule has 0 spiro atoms. The summed E-state index contributed by atoms with van der Waals surface area (Å²) in [7, 11) is 0. The number of nitrogens with two attached hydrogens (primary N) is 1. The Morgan fingerprint density at radius 2 is 2.00 bits per heavy atom. The van der Waals surface area contributed by atoms with Crippen molar-refractivity contribution in [3.63, 3.8) is 0 Å². The number of carbonyl (C=O) groups excluding carboxylic acids is 1. The zero-order valence-electron chi connectivity index (χ0n) is 10.2. The van der Waals surface area contributed by atoms with Crippen LogP contribution in [0, 0.1) is 6.07 Å². The summed E-state index contributed by atoms with van der Waals surface area (Å²) in [5, 5.41) is 2.91. The van der Waals surface area contributed by atoms with Crippen molar-refractivity contribution >= 4 is 11.6 Å². The largest absolute Gasteiger partial charge is 0.398 e. The van der Waals surface area contributed by atoms with Gasteiger partial charge in [-0.3, -0.25) is 4.79 Å². The Kier molecular flexibility index (Phi) is 3.63. The van der Waals surface area contributed by atoms with E-state index in [0.717, 1.165) is 5.56 Å². The van der Waals surface area contributed by atoms with Crippen LogP contribution in [0.3, 0.4) is 0 Å². The van der Waals surface area contributed by atoms with Crippen LogP contribution in [0.5, 0.6) is 0 Å². The monoisotopic (exact) mass is 239 g/mol. The van der Waals surface area contributed by atoms with Crippen LogP contribution in [0.25, 0.3) is 0 Å². The summed E-state index contributed by atoms with van der Waals surface area (Å²) in [5.41, 5.74) is 7.74. The maximum Gasteiger partial charge on any atom is 0.253 e. The Morgan fingerprint density at radius 1 is 1.28 bits per heavy atom. The number of benzene rings is 2. The molecule has 1 atom stereocenters. The molecule has 0 aliphatic rings. The summed E-state index contributed by atoms with van der Waals surface area (Å²) in [4.78, 5) is 12.0. The van der Waals surface area contributed by atoms with E-state index in [1.54, 1.807) is 18.2 Å². The van der Waals surface area contributed by atoms with Crippen LogP contribution in [0.1, 0.15) is 28.9 Å². The molecule has 1 unspecified atom stereocenters. The van der Waals surface area contributed by atoms with Crippen molar-refractivity contribution in [1.82, 2.24) is 5.32 Å². The number of hydrogen-bond donors (Lipinski definition) is 2. The quantitative estimate of drug-likeness (QED) is 0.809. The topological polar surface area (TPSA) is 55.1 Å². The van der Waals surface area contributed by atoms with E-state index < -0.39 is 0 Å². The van der Waals surface area contributed by atoms with Crippen LogP contribution < -0.4 is 11.1 Å². The lowest BCUT2D eigenvalue weighted by Gasteiger charge is -2.15. The average Bonchev–Trinajstić information content (AvgIpc) is 2.40. The Bertz CT molecular complexity index is 537. The van der Waals surface area contributed by atoms with Crippen molar-refractivity contribution in [2.24, 2.45) is 0 Å². The highest BCUT2D eigenvalue weighted by atomic mass is 16.1. The molecule has 3 N–H and O–H groups in total. The lowest BCUT2D eigenvalue weighted by molar-refractivity contribution is 0.0941. The molecule has 2 rings (SSSR count). The number of nitrogen functional groups attached to an aromatic ring is 1. The van der Waals surface area contributed by atoms with E-state index in [1.165, 1.54) is 0 Å². The molecule has 0 bridgehead atoms. The molecular formula is C15H15N2O. The molecular weight excluding hydrogens is 224 g/mol. The van der Waals surface area contributed by atoms with Crippen LogP contribution >= 0.6 is 0 Å². The van der Waals surface area contributed by atoms with Gasteiger partial charge in [-0.2, -0.15) is 0 Å². The number of nitrogens with one attached hydrogen (secondary N) is 1. The molecule has 0 aromatic heterocycles. The lowest BCUT2D eigenvalue weighted by Crippen LogP contribution is -2.27. The predicted octanol–water partition coefficient (Wildman–Crippen LogP) is 2.56. The molecule has 0 saturated heterocycles. The highest BCUT2D eigenvalue weighted by Gasteiger charge is 2.12. The fraction of sp³-hybridized carbons (Fsp3) is 0.133. The van der Waals surface area contributed by atoms with Gasteiger partial charge >= 0.3 is 0 Å². The minimum Gasteiger partial charge on any atom is -0.398 e. The molecule has 91 valence electrons. The zero-order valence-corrected chi connectivity index (χ0v) is 10.2. The van der Waals surface area contributed by atoms with Gasteiger partial charge in [-0.15, -0.1) is 0 Å². The van der Waals surface area contributed by atoms with Gasteiger partial charge in [-0.1, -0.05) is 36.4 Å². The summed E-state index contributed by atoms with van der Waals surface area (Å²) in [6.07, 6.45) is 0. The fourth-order valence-electron chi connectivity index (χ4n) is 1.74. The van der Waals surface area contributed by atoms with Crippen LogP contribution in [0.4, 0.5) is 5.69 Å². The van der Waals surface area contributed by atoms with Gasteiger partial charge in [0.1, 0.15) is 0 Å². The van der Waals surface area contributed by atoms with Gasteiger partial charge in [0, 0.05) is 5.69 Å². The van der Waals surface area contributed by atoms with Crippen molar-refractivity contribution in [2.75, 3.05) is 5.73 Å². The highest BCUT2D eigenvalue weighted by molar-refractivity contribution is 5.99. The predicted molar refractivity (Wildman–Crippen MR) is 72.0 cm³/mol. The molecule has 1 amide bonds. The molecule has 0 aliphatic carbocycles. The van der Waals surface area contributed by atoms with Crippen LogP contribution in [0.15, 0.2) is 48.5 Å². The van der Waals surface area contributed by atoms with Crippen LogP contribution in [-0.4, -0.2) is 5.91 Å². The summed E-state index contributed by atoms with van der Waals surface area (Å²) < 4.78 is 0. The van der Waals surface area contributed by atoms with Crippen molar-refractivity contribution in [3.8, 4) is 0 Å². The third kappa shape index (κ3) is 2.69. The summed E-state index contributed by atoms with van der Waals surface area (Å²) >= 11 is 0. The second kappa shape index (κ2) is 5.36. The second-order valence-corrected chi connectivity index (χ2v) is 4.12. The molecule has 3 heteroatoms. The van der Waals surface area contributed by atoms with E-state index in [-0.39, 0.29) is 11.9 Å². The van der Waals surface area contributed by atoms with Gasteiger partial charge in [0.25, 0.3) is 5.91 Å². The Labute approximate surface area is 107 Å². The molecule has 1 radical (unpaired) electrons. The Morgan fingerprint density at radius 3 is 2.67 bits per heavy atom. The molecule has 2 aromatic carbocycles. The number of rotatable bonds is 3. The molecule has 0 saturated carbocycles. The van der Waals surface area contributed by atoms with Crippen LogP contribution in [0.2, 0.25) is 0 Å². The molecule has 2 aromatic rings. The minimum absolute atomic E-state index is 0.0571. The standard InChI is InChI=1S/C15H15N2O/c1-11(12-7-3-2-4-8-12)17-15(18)13-9-5-6-10-14(13)16/h2-4,6-11H,16H2,1H3,(H,17,18). The highest BCUT2D eigenvalue weighted by Crippen LogP contribution is 2.14. The van der Waals surface area contributed by atoms with Gasteiger partial charge in [0.2, 0.25) is 0 Å². The molecule has 3 nitrogen and oxygen atoms in total. The Balaban J connectivity index is 2.11. The van der Waals surface area contributed by atoms with E-state index in [4.69, 9.17) is 5.73 Å². The van der Waals surface area contributed by atoms with Crippen molar-refractivity contribution in [1.29, 1.82) is 0 Å². The van der Waals surface area contributed by atoms with Crippen molar-refractivity contribution < 1.29 is 4.79 Å². The van der Waals surface area contributed by atoms with Gasteiger partial charge in [-0.05, 0) is 30.7 Å². The first-order valence-electron chi connectivity index (χ1n) is 5.80. The van der Waals surface area contributed by atoms with E-state index in [1.807, 2.05) is 37.3 Å².